The molecule has 1 heterocycles. The molecule has 1 aromatic carbocycles. The Morgan fingerprint density at radius 2 is 2.05 bits per heavy atom. The molecule has 0 atom stereocenters. The fraction of sp³-hybridized carbons (Fsp3) is 0.294. The van der Waals surface area contributed by atoms with Crippen molar-refractivity contribution in [3.8, 4) is 11.6 Å². The van der Waals surface area contributed by atoms with Gasteiger partial charge in [-0.1, -0.05) is 19.1 Å². The molecule has 0 radical (unpaired) electrons. The number of carbonyl (C=O) groups excluding carboxylic acids is 1. The molecule has 2 aromatic rings. The summed E-state index contributed by atoms with van der Waals surface area (Å²) in [6.45, 7) is 5.99. The number of anilines is 1. The zero-order valence-corrected chi connectivity index (χ0v) is 12.6. The molecule has 0 unspecified atom stereocenters. The molecule has 21 heavy (non-hydrogen) atoms. The summed E-state index contributed by atoms with van der Waals surface area (Å²) in [5.41, 5.74) is 2.88. The van der Waals surface area contributed by atoms with Crippen molar-refractivity contribution < 1.29 is 9.53 Å². The molecule has 0 bridgehead atoms. The second-order valence-corrected chi connectivity index (χ2v) is 5.05. The van der Waals surface area contributed by atoms with E-state index in [0.29, 0.717) is 18.0 Å². The van der Waals surface area contributed by atoms with Gasteiger partial charge in [0.25, 0.3) is 0 Å². The quantitative estimate of drug-likeness (QED) is 0.894. The van der Waals surface area contributed by atoms with Crippen LogP contribution in [-0.2, 0) is 4.79 Å². The van der Waals surface area contributed by atoms with Gasteiger partial charge in [-0.15, -0.1) is 0 Å². The maximum atomic E-state index is 11.5. The topological polar surface area (TPSA) is 51.2 Å². The molecule has 0 fully saturated rings. The van der Waals surface area contributed by atoms with Crippen LogP contribution in [0.2, 0.25) is 0 Å². The first kappa shape index (κ1) is 15.0. The third kappa shape index (κ3) is 4.31. The smallest absolute Gasteiger partial charge is 0.224 e. The molecule has 0 saturated carbocycles. The van der Waals surface area contributed by atoms with Crippen LogP contribution < -0.4 is 10.1 Å². The van der Waals surface area contributed by atoms with Crippen molar-refractivity contribution in [3.63, 3.8) is 0 Å². The van der Waals surface area contributed by atoms with E-state index in [9.17, 15) is 4.79 Å². The summed E-state index contributed by atoms with van der Waals surface area (Å²) in [6.07, 6.45) is 2.95. The Morgan fingerprint density at radius 1 is 1.24 bits per heavy atom. The average Bonchev–Trinajstić information content (AvgIpc) is 2.45. The second-order valence-electron chi connectivity index (χ2n) is 5.05. The van der Waals surface area contributed by atoms with E-state index in [1.54, 1.807) is 18.3 Å². The molecular formula is C17H20N2O2. The van der Waals surface area contributed by atoms with Crippen LogP contribution in [0, 0.1) is 13.8 Å². The normalized spacial score (nSPS) is 10.2. The number of aromatic nitrogens is 1. The highest BCUT2D eigenvalue weighted by Gasteiger charge is 2.05. The zero-order valence-electron chi connectivity index (χ0n) is 12.6. The monoisotopic (exact) mass is 284 g/mol. The van der Waals surface area contributed by atoms with Crippen LogP contribution in [0.15, 0.2) is 36.5 Å². The molecule has 110 valence electrons. The Kier molecular flexibility index (Phi) is 4.93. The van der Waals surface area contributed by atoms with Gasteiger partial charge < -0.3 is 10.1 Å². The first-order valence-corrected chi connectivity index (χ1v) is 7.09. The zero-order chi connectivity index (χ0) is 15.2. The lowest BCUT2D eigenvalue weighted by Crippen LogP contribution is -2.10. The van der Waals surface area contributed by atoms with E-state index in [1.807, 2.05) is 39.0 Å². The maximum absolute atomic E-state index is 11.5. The standard InChI is InChI=1S/C17H20N2O2/c1-4-5-16(20)19-14-8-9-17(18-11-14)21-15-10-12(2)6-7-13(15)3/h6-11H,4-5H2,1-3H3,(H,19,20). The highest BCUT2D eigenvalue weighted by molar-refractivity contribution is 5.90. The van der Waals surface area contributed by atoms with Gasteiger partial charge >= 0.3 is 0 Å². The predicted molar refractivity (Wildman–Crippen MR) is 83.8 cm³/mol. The summed E-state index contributed by atoms with van der Waals surface area (Å²) in [4.78, 5) is 15.7. The Hall–Kier alpha value is -2.36. The van der Waals surface area contributed by atoms with Gasteiger partial charge in [0, 0.05) is 12.5 Å². The Labute approximate surface area is 125 Å². The summed E-state index contributed by atoms with van der Waals surface area (Å²) in [5, 5.41) is 2.80. The van der Waals surface area contributed by atoms with E-state index in [2.05, 4.69) is 10.3 Å². The lowest BCUT2D eigenvalue weighted by Gasteiger charge is -2.09. The molecule has 0 spiro atoms. The summed E-state index contributed by atoms with van der Waals surface area (Å²) in [7, 11) is 0. The molecule has 0 saturated heterocycles. The summed E-state index contributed by atoms with van der Waals surface area (Å²) in [5.74, 6) is 1.31. The molecule has 4 nitrogen and oxygen atoms in total. The Balaban J connectivity index is 2.05. The molecule has 1 N–H and O–H groups in total. The number of rotatable bonds is 5. The van der Waals surface area contributed by atoms with Crippen molar-refractivity contribution in [2.75, 3.05) is 5.32 Å². The van der Waals surface area contributed by atoms with Crippen LogP contribution in [0.5, 0.6) is 11.6 Å². The average molecular weight is 284 g/mol. The number of aryl methyl sites for hydroxylation is 2. The predicted octanol–water partition coefficient (Wildman–Crippen LogP) is 4.23. The van der Waals surface area contributed by atoms with Gasteiger partial charge in [0.05, 0.1) is 11.9 Å². The summed E-state index contributed by atoms with van der Waals surface area (Å²) in [6, 6.07) is 9.59. The molecule has 1 aromatic heterocycles. The lowest BCUT2D eigenvalue weighted by molar-refractivity contribution is -0.116. The lowest BCUT2D eigenvalue weighted by atomic mass is 10.1. The molecule has 0 aliphatic rings. The number of benzene rings is 1. The van der Waals surface area contributed by atoms with E-state index < -0.39 is 0 Å². The van der Waals surface area contributed by atoms with Crippen molar-refractivity contribution in [1.82, 2.24) is 4.98 Å². The largest absolute Gasteiger partial charge is 0.439 e. The van der Waals surface area contributed by atoms with Crippen molar-refractivity contribution in [2.45, 2.75) is 33.6 Å². The van der Waals surface area contributed by atoms with Gasteiger partial charge in [-0.25, -0.2) is 4.98 Å². The number of amides is 1. The van der Waals surface area contributed by atoms with Crippen molar-refractivity contribution in [1.29, 1.82) is 0 Å². The van der Waals surface area contributed by atoms with Gasteiger partial charge in [0.15, 0.2) is 0 Å². The van der Waals surface area contributed by atoms with Crippen molar-refractivity contribution in [2.24, 2.45) is 0 Å². The van der Waals surface area contributed by atoms with E-state index >= 15 is 0 Å². The van der Waals surface area contributed by atoms with Gasteiger partial charge in [0.1, 0.15) is 5.75 Å². The van der Waals surface area contributed by atoms with E-state index in [0.717, 1.165) is 23.3 Å². The number of hydrogen-bond donors (Lipinski definition) is 1. The third-order valence-electron chi connectivity index (χ3n) is 3.06. The van der Waals surface area contributed by atoms with E-state index in [1.165, 1.54) is 0 Å². The van der Waals surface area contributed by atoms with Crippen LogP contribution >= 0.6 is 0 Å². The van der Waals surface area contributed by atoms with Crippen LogP contribution in [0.3, 0.4) is 0 Å². The molecule has 4 heteroatoms. The molecular weight excluding hydrogens is 264 g/mol. The van der Waals surface area contributed by atoms with Crippen LogP contribution in [0.4, 0.5) is 5.69 Å². The SMILES string of the molecule is CCCC(=O)Nc1ccc(Oc2cc(C)ccc2C)nc1. The first-order chi connectivity index (χ1) is 10.1. The minimum Gasteiger partial charge on any atom is -0.439 e. The number of carbonyl (C=O) groups is 1. The number of hydrogen-bond acceptors (Lipinski definition) is 3. The Morgan fingerprint density at radius 3 is 2.71 bits per heavy atom. The highest BCUT2D eigenvalue weighted by atomic mass is 16.5. The number of nitrogens with zero attached hydrogens (tertiary/aromatic N) is 1. The first-order valence-electron chi connectivity index (χ1n) is 7.09. The van der Waals surface area contributed by atoms with Crippen LogP contribution in [-0.4, -0.2) is 10.9 Å². The number of nitrogens with one attached hydrogen (secondary N) is 1. The Bertz CT molecular complexity index is 621. The van der Waals surface area contributed by atoms with E-state index in [-0.39, 0.29) is 5.91 Å². The summed E-state index contributed by atoms with van der Waals surface area (Å²) < 4.78 is 5.77. The van der Waals surface area contributed by atoms with Gasteiger partial charge in [-0.2, -0.15) is 0 Å². The van der Waals surface area contributed by atoms with Gasteiger partial charge in [-0.3, -0.25) is 4.79 Å². The van der Waals surface area contributed by atoms with Crippen LogP contribution in [0.25, 0.3) is 0 Å². The fourth-order valence-electron chi connectivity index (χ4n) is 1.90. The molecule has 0 aliphatic heterocycles. The number of pyridine rings is 1. The maximum Gasteiger partial charge on any atom is 0.224 e. The van der Waals surface area contributed by atoms with E-state index in [4.69, 9.17) is 4.74 Å². The molecule has 0 aliphatic carbocycles. The molecule has 2 rings (SSSR count). The molecule has 1 amide bonds. The minimum atomic E-state index is 0.00231. The minimum absolute atomic E-state index is 0.00231. The van der Waals surface area contributed by atoms with Crippen LogP contribution in [0.1, 0.15) is 30.9 Å². The van der Waals surface area contributed by atoms with Crippen molar-refractivity contribution in [3.05, 3.63) is 47.7 Å². The van der Waals surface area contributed by atoms with Gasteiger partial charge in [-0.05, 0) is 43.5 Å². The fourth-order valence-corrected chi connectivity index (χ4v) is 1.90. The van der Waals surface area contributed by atoms with Gasteiger partial charge in [0.2, 0.25) is 11.8 Å². The second kappa shape index (κ2) is 6.88. The highest BCUT2D eigenvalue weighted by Crippen LogP contribution is 2.25. The summed E-state index contributed by atoms with van der Waals surface area (Å²) >= 11 is 0. The van der Waals surface area contributed by atoms with Crippen molar-refractivity contribution >= 4 is 11.6 Å². The number of ether oxygens (including phenoxy) is 1. The third-order valence-corrected chi connectivity index (χ3v) is 3.06.